The van der Waals surface area contributed by atoms with Gasteiger partial charge in [-0.3, -0.25) is 45.3 Å². The third-order valence-corrected chi connectivity index (χ3v) is 6.71. The fraction of sp³-hybridized carbons (Fsp3) is 0.167. The lowest BCUT2D eigenvalue weighted by atomic mass is 10.2. The first kappa shape index (κ1) is 45.2. The van der Waals surface area contributed by atoms with Gasteiger partial charge in [0.15, 0.2) is 0 Å². The number of non-ortho nitro benzene ring substituents is 4. The molecule has 17 nitrogen and oxygen atoms in total. The highest BCUT2D eigenvalue weighted by atomic mass is 35.5. The zero-order valence-electron chi connectivity index (χ0n) is 29.2. The van der Waals surface area contributed by atoms with Crippen LogP contribution >= 0.6 is 11.6 Å². The van der Waals surface area contributed by atoms with E-state index >= 15 is 0 Å². The average Bonchev–Trinajstić information content (AvgIpc) is 3.15. The zero-order valence-corrected chi connectivity index (χ0v) is 30.0. The summed E-state index contributed by atoms with van der Waals surface area (Å²) in [5.41, 5.74) is -0.350. The topological polar surface area (TPSA) is 239 Å². The van der Waals surface area contributed by atoms with Crippen molar-refractivity contribution in [1.82, 2.24) is 4.90 Å². The summed E-state index contributed by atoms with van der Waals surface area (Å²) in [4.78, 5) is 63.0. The number of nitro groups is 4. The number of carbonyl (C=O) groups excluding carboxylic acids is 2. The predicted octanol–water partition coefficient (Wildman–Crippen LogP) is 8.14. The van der Waals surface area contributed by atoms with E-state index in [1.54, 1.807) is 30.3 Å². The second-order valence-corrected chi connectivity index (χ2v) is 10.6. The summed E-state index contributed by atoms with van der Waals surface area (Å²) in [7, 11) is 0. The molecule has 4 rings (SSSR count). The fourth-order valence-electron chi connectivity index (χ4n) is 3.90. The van der Waals surface area contributed by atoms with Crippen LogP contribution in [0.1, 0.15) is 31.9 Å². The van der Waals surface area contributed by atoms with E-state index in [0.717, 1.165) is 53.6 Å². The van der Waals surface area contributed by atoms with E-state index in [2.05, 4.69) is 25.7 Å². The van der Waals surface area contributed by atoms with Gasteiger partial charge in [-0.05, 0) is 54.5 Å². The first-order valence-corrected chi connectivity index (χ1v) is 16.1. The van der Waals surface area contributed by atoms with E-state index in [1.165, 1.54) is 31.8 Å². The Bertz CT molecular complexity index is 1870. The summed E-state index contributed by atoms with van der Waals surface area (Å²) in [5, 5.41) is 50.3. The molecule has 1 N–H and O–H groups in total. The molecule has 0 radical (unpaired) electrons. The van der Waals surface area contributed by atoms with Gasteiger partial charge in [0.1, 0.15) is 11.5 Å². The van der Waals surface area contributed by atoms with Crippen LogP contribution in [0.3, 0.4) is 0 Å². The zero-order chi connectivity index (χ0) is 40.6. The Balaban J connectivity index is 0.000000398. The molecule has 18 heteroatoms. The smallest absolute Gasteiger partial charge is 0.336 e. The molecule has 0 fully saturated rings. The maximum absolute atomic E-state index is 11.7. The van der Waals surface area contributed by atoms with Crippen molar-refractivity contribution >= 4 is 57.7 Å². The number of rotatable bonds is 12. The summed E-state index contributed by atoms with van der Waals surface area (Å²) >= 11 is 5.10. The molecule has 0 aliphatic carbocycles. The molecule has 0 bridgehead atoms. The number of phenols is 1. The number of nitro benzene ring substituents is 4. The highest BCUT2D eigenvalue weighted by Gasteiger charge is 2.18. The second-order valence-electron chi connectivity index (χ2n) is 10.3. The maximum Gasteiger partial charge on any atom is 0.336 e. The molecule has 0 spiro atoms. The van der Waals surface area contributed by atoms with Crippen molar-refractivity contribution in [2.45, 2.75) is 20.8 Å². The minimum atomic E-state index is -0.813. The van der Waals surface area contributed by atoms with Gasteiger partial charge in [0, 0.05) is 6.08 Å². The molecule has 0 heterocycles. The van der Waals surface area contributed by atoms with Crippen LogP contribution in [0.25, 0.3) is 12.2 Å². The Hall–Kier alpha value is -6.85. The van der Waals surface area contributed by atoms with Gasteiger partial charge in [0.25, 0.3) is 22.7 Å². The lowest BCUT2D eigenvalue weighted by Gasteiger charge is -2.13. The van der Waals surface area contributed by atoms with Gasteiger partial charge in [-0.15, -0.1) is 0 Å². The number of halogens is 1. The van der Waals surface area contributed by atoms with E-state index in [4.69, 9.17) is 21.4 Å². The van der Waals surface area contributed by atoms with Crippen LogP contribution in [-0.4, -0.2) is 60.5 Å². The third kappa shape index (κ3) is 18.4. The Morgan fingerprint density at radius 1 is 0.630 bits per heavy atom. The highest BCUT2D eigenvalue weighted by molar-refractivity contribution is 6.66. The van der Waals surface area contributed by atoms with Crippen LogP contribution in [0.15, 0.2) is 109 Å². The highest BCUT2D eigenvalue weighted by Crippen LogP contribution is 2.28. The number of ether oxygens (including phenoxy) is 1. The van der Waals surface area contributed by atoms with Crippen LogP contribution in [0.4, 0.5) is 22.7 Å². The summed E-state index contributed by atoms with van der Waals surface area (Å²) in [5.74, 6) is -1.57. The summed E-state index contributed by atoms with van der Waals surface area (Å²) in [6.45, 7) is 10.1. The first-order valence-electron chi connectivity index (χ1n) is 15.8. The molecule has 284 valence electrons. The van der Waals surface area contributed by atoms with Gasteiger partial charge in [-0.25, -0.2) is 4.79 Å². The monoisotopic (exact) mass is 765 g/mol. The third-order valence-electron chi connectivity index (χ3n) is 6.58. The molecule has 0 saturated heterocycles. The Morgan fingerprint density at radius 3 is 1.30 bits per heavy atom. The molecule has 0 amide bonds. The van der Waals surface area contributed by atoms with Crippen LogP contribution in [0.2, 0.25) is 0 Å². The molecule has 4 aromatic carbocycles. The summed E-state index contributed by atoms with van der Waals surface area (Å²) in [6.07, 6.45) is 5.63. The van der Waals surface area contributed by atoms with Gasteiger partial charge in [0.2, 0.25) is 5.24 Å². The lowest BCUT2D eigenvalue weighted by Crippen LogP contribution is -2.21. The maximum atomic E-state index is 11.7. The summed E-state index contributed by atoms with van der Waals surface area (Å²) in [6, 6.07) is 23.6. The quantitative estimate of drug-likeness (QED) is 0.0358. The molecular weight excluding hydrogens is 730 g/mol. The lowest BCUT2D eigenvalue weighted by molar-refractivity contribution is -0.394. The van der Waals surface area contributed by atoms with E-state index in [9.17, 15) is 50.0 Å². The van der Waals surface area contributed by atoms with Crippen molar-refractivity contribution in [3.05, 3.63) is 161 Å². The Morgan fingerprint density at radius 2 is 0.981 bits per heavy atom. The molecule has 4 aromatic rings. The molecule has 0 aliphatic heterocycles. The minimum absolute atomic E-state index is 0.270. The molecule has 0 aromatic heterocycles. The normalized spacial score (nSPS) is 10.2. The summed E-state index contributed by atoms with van der Waals surface area (Å²) < 4.78 is 4.88. The van der Waals surface area contributed by atoms with Crippen LogP contribution in [-0.2, 0) is 9.59 Å². The molecule has 0 unspecified atom stereocenters. The van der Waals surface area contributed by atoms with Crippen molar-refractivity contribution in [2.75, 3.05) is 19.6 Å². The molecule has 0 saturated carbocycles. The van der Waals surface area contributed by atoms with Gasteiger partial charge in [-0.2, -0.15) is 0 Å². The SMILES string of the molecule is CCN(CC)CC.O=C(/C=C/c1ccccc1)Oc1cc([N+](=O)[O-])cc([N+](=O)[O-])c1.O=C(Cl)/C=C/c1ccccc1.O=[N+]([O-])c1cc(O)cc([N+](=O)[O-])c1. The fourth-order valence-corrected chi connectivity index (χ4v) is 3.97. The van der Waals surface area contributed by atoms with Crippen molar-refractivity contribution in [3.8, 4) is 11.5 Å². The number of hydrogen-bond acceptors (Lipinski definition) is 13. The Kier molecular flexibility index (Phi) is 20.4. The first-order chi connectivity index (χ1) is 25.6. The molecular formula is C36H36ClN5O12. The molecule has 0 atom stereocenters. The van der Waals surface area contributed by atoms with Crippen LogP contribution in [0, 0.1) is 40.5 Å². The van der Waals surface area contributed by atoms with Gasteiger partial charge in [0.05, 0.1) is 56.1 Å². The number of hydrogen-bond donors (Lipinski definition) is 1. The van der Waals surface area contributed by atoms with Gasteiger partial charge >= 0.3 is 5.97 Å². The largest absolute Gasteiger partial charge is 0.507 e. The standard InChI is InChI=1S/C15H10N2O6.C9H7ClO.C6H4N2O5.C6H15N/c18-15(7-6-11-4-2-1-3-5-11)23-14-9-12(16(19)20)8-13(10-14)17(21)22;10-9(11)7-6-8-4-2-1-3-5-8;9-6-2-4(7(10)11)1-5(3-6)8(12)13;1-4-7(5-2)6-3/h1-10H;1-7H;1-3,9H;4-6H2,1-3H3/b2*7-6+;;. The van der Waals surface area contributed by atoms with Crippen LogP contribution < -0.4 is 4.74 Å². The minimum Gasteiger partial charge on any atom is -0.507 e. The van der Waals surface area contributed by atoms with Crippen molar-refractivity contribution in [2.24, 2.45) is 0 Å². The van der Waals surface area contributed by atoms with Crippen molar-refractivity contribution in [3.63, 3.8) is 0 Å². The number of aromatic hydroxyl groups is 1. The van der Waals surface area contributed by atoms with Gasteiger partial charge in [-0.1, -0.05) is 87.5 Å². The van der Waals surface area contributed by atoms with Crippen LogP contribution in [0.5, 0.6) is 11.5 Å². The van der Waals surface area contributed by atoms with Crippen molar-refractivity contribution < 1.29 is 39.1 Å². The van der Waals surface area contributed by atoms with E-state index in [-0.39, 0.29) is 5.75 Å². The second kappa shape index (κ2) is 24.4. The predicted molar refractivity (Wildman–Crippen MR) is 202 cm³/mol. The van der Waals surface area contributed by atoms with Crippen molar-refractivity contribution in [1.29, 1.82) is 0 Å². The van der Waals surface area contributed by atoms with E-state index in [1.807, 2.05) is 36.4 Å². The number of carbonyl (C=O) groups is 2. The van der Waals surface area contributed by atoms with Gasteiger partial charge < -0.3 is 14.7 Å². The Labute approximate surface area is 314 Å². The molecule has 0 aliphatic rings. The number of benzene rings is 4. The number of phenolic OH excluding ortho intramolecular Hbond substituents is 1. The van der Waals surface area contributed by atoms with E-state index in [0.29, 0.717) is 0 Å². The molecule has 54 heavy (non-hydrogen) atoms. The average molecular weight is 766 g/mol. The van der Waals surface area contributed by atoms with E-state index < -0.39 is 59.4 Å². The number of allylic oxidation sites excluding steroid dienone is 1. The number of esters is 1. The number of nitrogens with zero attached hydrogens (tertiary/aromatic N) is 5.